The minimum absolute atomic E-state index is 0.108. The molecule has 0 atom stereocenters. The topological polar surface area (TPSA) is 97.3 Å². The van der Waals surface area contributed by atoms with Gasteiger partial charge in [0.15, 0.2) is 0 Å². The third-order valence-electron chi connectivity index (χ3n) is 5.62. The highest BCUT2D eigenvalue weighted by Crippen LogP contribution is 2.23. The molecule has 0 aliphatic rings. The second-order valence-electron chi connectivity index (χ2n) is 7.80. The van der Waals surface area contributed by atoms with E-state index < -0.39 is 9.84 Å². The molecule has 3 aromatic heterocycles. The van der Waals surface area contributed by atoms with Crippen LogP contribution in [0.15, 0.2) is 57.2 Å². The van der Waals surface area contributed by atoms with Crippen molar-refractivity contribution in [3.63, 3.8) is 0 Å². The highest BCUT2D eigenvalue weighted by Gasteiger charge is 2.24. The number of sulfone groups is 1. The number of aryl methyl sites for hydroxylation is 4. The van der Waals surface area contributed by atoms with Gasteiger partial charge in [0, 0.05) is 12.7 Å². The van der Waals surface area contributed by atoms with Gasteiger partial charge in [-0.25, -0.2) is 13.4 Å². The molecule has 0 radical (unpaired) electrons. The highest BCUT2D eigenvalue weighted by atomic mass is 32.2. The van der Waals surface area contributed by atoms with Crippen molar-refractivity contribution in [2.75, 3.05) is 0 Å². The SMILES string of the molecule is CCCn1c(=N)c(S(=O)(=O)c2ccc(C)c(C)c2)cc2c(=O)n3cccc(C)c3nc21. The molecule has 4 aromatic rings. The Bertz CT molecular complexity index is 1580. The molecule has 0 aliphatic carbocycles. The number of hydrogen-bond acceptors (Lipinski definition) is 5. The second kappa shape index (κ2) is 7.46. The van der Waals surface area contributed by atoms with E-state index in [1.807, 2.05) is 33.8 Å². The summed E-state index contributed by atoms with van der Waals surface area (Å²) in [5, 5.41) is 8.88. The van der Waals surface area contributed by atoms with Crippen molar-refractivity contribution < 1.29 is 8.42 Å². The first kappa shape index (κ1) is 21.0. The molecule has 0 saturated carbocycles. The van der Waals surface area contributed by atoms with Crippen LogP contribution in [0.25, 0.3) is 16.7 Å². The maximum atomic E-state index is 13.5. The van der Waals surface area contributed by atoms with Crippen molar-refractivity contribution >= 4 is 26.5 Å². The first-order valence-corrected chi connectivity index (χ1v) is 11.6. The lowest BCUT2D eigenvalue weighted by molar-refractivity contribution is 0.586. The Balaban J connectivity index is 2.14. The molecule has 0 unspecified atom stereocenters. The van der Waals surface area contributed by atoms with Gasteiger partial charge in [0.05, 0.1) is 10.3 Å². The van der Waals surface area contributed by atoms with Gasteiger partial charge in [-0.2, -0.15) is 0 Å². The zero-order valence-electron chi connectivity index (χ0n) is 17.9. The van der Waals surface area contributed by atoms with Crippen molar-refractivity contribution in [1.82, 2.24) is 14.0 Å². The molecule has 4 rings (SSSR count). The van der Waals surface area contributed by atoms with E-state index in [0.717, 1.165) is 16.7 Å². The molecule has 160 valence electrons. The fourth-order valence-electron chi connectivity index (χ4n) is 3.73. The molecule has 3 heterocycles. The number of rotatable bonds is 4. The van der Waals surface area contributed by atoms with Crippen LogP contribution in [0.3, 0.4) is 0 Å². The number of fused-ring (bicyclic) bond motifs is 2. The van der Waals surface area contributed by atoms with Gasteiger partial charge in [-0.15, -0.1) is 0 Å². The Morgan fingerprint density at radius 1 is 1.00 bits per heavy atom. The molecule has 0 saturated heterocycles. The van der Waals surface area contributed by atoms with E-state index in [-0.39, 0.29) is 26.2 Å². The van der Waals surface area contributed by atoms with Crippen LogP contribution in [-0.2, 0) is 16.4 Å². The van der Waals surface area contributed by atoms with Crippen LogP contribution in [-0.4, -0.2) is 22.4 Å². The molecular weight excluding hydrogens is 412 g/mol. The Hall–Kier alpha value is -3.26. The molecule has 0 fully saturated rings. The van der Waals surface area contributed by atoms with Crippen molar-refractivity contribution in [1.29, 1.82) is 5.41 Å². The third kappa shape index (κ3) is 3.27. The van der Waals surface area contributed by atoms with E-state index >= 15 is 0 Å². The maximum Gasteiger partial charge on any atom is 0.267 e. The smallest absolute Gasteiger partial charge is 0.267 e. The monoisotopic (exact) mass is 436 g/mol. The summed E-state index contributed by atoms with van der Waals surface area (Å²) in [5.41, 5.74) is 2.94. The average molecular weight is 437 g/mol. The fraction of sp³-hybridized carbons (Fsp3) is 0.261. The lowest BCUT2D eigenvalue weighted by Crippen LogP contribution is -2.30. The van der Waals surface area contributed by atoms with Crippen molar-refractivity contribution in [3.05, 3.63) is 75.1 Å². The van der Waals surface area contributed by atoms with Gasteiger partial charge < -0.3 is 4.57 Å². The summed E-state index contributed by atoms with van der Waals surface area (Å²) in [5.74, 6) is 0. The Labute approximate surface area is 180 Å². The molecule has 1 aromatic carbocycles. The maximum absolute atomic E-state index is 13.5. The summed E-state index contributed by atoms with van der Waals surface area (Å²) in [6.07, 6.45) is 2.28. The van der Waals surface area contributed by atoms with Crippen molar-refractivity contribution in [2.24, 2.45) is 0 Å². The molecule has 0 aliphatic heterocycles. The lowest BCUT2D eigenvalue weighted by Gasteiger charge is -2.15. The normalized spacial score (nSPS) is 12.0. The Kier molecular flexibility index (Phi) is 5.05. The second-order valence-corrected chi connectivity index (χ2v) is 9.72. The minimum Gasteiger partial charge on any atom is -0.310 e. The van der Waals surface area contributed by atoms with Crippen LogP contribution in [0, 0.1) is 26.2 Å². The van der Waals surface area contributed by atoms with Gasteiger partial charge in [-0.3, -0.25) is 14.6 Å². The Morgan fingerprint density at radius 2 is 1.74 bits per heavy atom. The van der Waals surface area contributed by atoms with E-state index in [9.17, 15) is 13.2 Å². The first-order valence-electron chi connectivity index (χ1n) is 10.1. The molecule has 0 bridgehead atoms. The summed E-state index contributed by atoms with van der Waals surface area (Å²) in [6.45, 7) is 7.92. The molecule has 7 nitrogen and oxygen atoms in total. The summed E-state index contributed by atoms with van der Waals surface area (Å²) in [7, 11) is -4.00. The van der Waals surface area contributed by atoms with E-state index in [1.165, 1.54) is 15.0 Å². The molecule has 0 spiro atoms. The van der Waals surface area contributed by atoms with Crippen LogP contribution in [0.2, 0.25) is 0 Å². The molecule has 31 heavy (non-hydrogen) atoms. The van der Waals surface area contributed by atoms with Crippen LogP contribution in [0.5, 0.6) is 0 Å². The summed E-state index contributed by atoms with van der Waals surface area (Å²) in [4.78, 5) is 17.8. The molecule has 8 heteroatoms. The quantitative estimate of drug-likeness (QED) is 0.496. The van der Waals surface area contributed by atoms with Crippen LogP contribution in [0.4, 0.5) is 0 Å². The average Bonchev–Trinajstić information content (AvgIpc) is 2.73. The predicted octanol–water partition coefficient (Wildman–Crippen LogP) is 3.30. The van der Waals surface area contributed by atoms with Crippen LogP contribution >= 0.6 is 0 Å². The fourth-order valence-corrected chi connectivity index (χ4v) is 5.20. The molecule has 1 N–H and O–H groups in total. The predicted molar refractivity (Wildman–Crippen MR) is 119 cm³/mol. The third-order valence-corrected chi connectivity index (χ3v) is 7.39. The van der Waals surface area contributed by atoms with Gasteiger partial charge in [0.1, 0.15) is 21.7 Å². The van der Waals surface area contributed by atoms with Crippen molar-refractivity contribution in [3.8, 4) is 0 Å². The zero-order valence-corrected chi connectivity index (χ0v) is 18.7. The van der Waals surface area contributed by atoms with E-state index in [4.69, 9.17) is 5.41 Å². The van der Waals surface area contributed by atoms with Gasteiger partial charge in [-0.1, -0.05) is 19.1 Å². The first-order chi connectivity index (χ1) is 14.7. The largest absolute Gasteiger partial charge is 0.310 e. The highest BCUT2D eigenvalue weighted by molar-refractivity contribution is 7.91. The summed E-state index contributed by atoms with van der Waals surface area (Å²) < 4.78 is 29.9. The Morgan fingerprint density at radius 3 is 2.42 bits per heavy atom. The molecular formula is C23H24N4O3S. The van der Waals surface area contributed by atoms with Gasteiger partial charge in [-0.05, 0) is 68.1 Å². The summed E-state index contributed by atoms with van der Waals surface area (Å²) in [6, 6.07) is 9.81. The van der Waals surface area contributed by atoms with E-state index in [1.54, 1.807) is 30.5 Å². The number of benzene rings is 1. The zero-order chi connectivity index (χ0) is 22.5. The van der Waals surface area contributed by atoms with Crippen LogP contribution < -0.4 is 11.0 Å². The minimum atomic E-state index is -4.00. The van der Waals surface area contributed by atoms with E-state index in [2.05, 4.69) is 4.98 Å². The van der Waals surface area contributed by atoms with Gasteiger partial charge in [0.2, 0.25) is 9.84 Å². The number of aromatic nitrogens is 3. The van der Waals surface area contributed by atoms with Crippen LogP contribution in [0.1, 0.15) is 30.0 Å². The number of nitrogens with one attached hydrogen (secondary N) is 1. The number of hydrogen-bond donors (Lipinski definition) is 1. The lowest BCUT2D eigenvalue weighted by atomic mass is 10.1. The number of pyridine rings is 2. The summed E-state index contributed by atoms with van der Waals surface area (Å²) >= 11 is 0. The molecule has 0 amide bonds. The van der Waals surface area contributed by atoms with Crippen molar-refractivity contribution in [2.45, 2.75) is 50.5 Å². The number of nitrogens with zero attached hydrogens (tertiary/aromatic N) is 3. The van der Waals surface area contributed by atoms with Gasteiger partial charge in [0.25, 0.3) is 5.56 Å². The standard InChI is InChI=1S/C23H24N4O3S/c1-5-10-26-20(24)19(31(29,30)17-9-8-14(2)16(4)12-17)13-18-22(26)25-21-15(3)7-6-11-27(21)23(18)28/h6-9,11-13,24H,5,10H2,1-4H3. The van der Waals surface area contributed by atoms with E-state index in [0.29, 0.717) is 24.3 Å². The van der Waals surface area contributed by atoms with Gasteiger partial charge >= 0.3 is 0 Å².